The molecule has 0 saturated carbocycles. The molecule has 0 radical (unpaired) electrons. The summed E-state index contributed by atoms with van der Waals surface area (Å²) in [5.41, 5.74) is 3.04. The summed E-state index contributed by atoms with van der Waals surface area (Å²) in [6.45, 7) is 2.16. The van der Waals surface area contributed by atoms with Gasteiger partial charge in [-0.05, 0) is 43.4 Å². The molecule has 0 spiro atoms. The molecule has 3 aliphatic rings. The van der Waals surface area contributed by atoms with Crippen LogP contribution in [0.2, 0.25) is 5.02 Å². The van der Waals surface area contributed by atoms with Crippen LogP contribution in [0.3, 0.4) is 0 Å². The Kier molecular flexibility index (Phi) is 5.14. The first-order valence-corrected chi connectivity index (χ1v) is 11.2. The zero-order valence-corrected chi connectivity index (χ0v) is 17.3. The summed E-state index contributed by atoms with van der Waals surface area (Å²) in [4.78, 5) is 28.0. The normalized spacial score (nSPS) is 23.8. The van der Waals surface area contributed by atoms with Gasteiger partial charge in [0.15, 0.2) is 0 Å². The van der Waals surface area contributed by atoms with E-state index in [0.717, 1.165) is 15.5 Å². The summed E-state index contributed by atoms with van der Waals surface area (Å²) >= 11 is 8.97. The summed E-state index contributed by atoms with van der Waals surface area (Å²) in [5, 5.41) is 0.278. The molecule has 1 aromatic rings. The van der Waals surface area contributed by atoms with Gasteiger partial charge >= 0.3 is 5.97 Å². The predicted molar refractivity (Wildman–Crippen MR) is 111 cm³/mol. The molecule has 7 heteroatoms. The van der Waals surface area contributed by atoms with Gasteiger partial charge in [-0.1, -0.05) is 41.6 Å². The van der Waals surface area contributed by atoms with Crippen LogP contribution < -0.4 is 0 Å². The highest BCUT2D eigenvalue weighted by Gasteiger charge is 2.49. The number of hydrogen-bond donors (Lipinski definition) is 0. The number of nitrogens with zero attached hydrogens (tertiary/aromatic N) is 1. The van der Waals surface area contributed by atoms with Crippen molar-refractivity contribution in [3.8, 4) is 0 Å². The fourth-order valence-electron chi connectivity index (χ4n) is 3.69. The lowest BCUT2D eigenvalue weighted by molar-refractivity contribution is -0.143. The molecule has 4 rings (SSSR count). The number of carbonyl (C=O) groups is 2. The van der Waals surface area contributed by atoms with Crippen molar-refractivity contribution in [2.24, 2.45) is 0 Å². The Morgan fingerprint density at radius 1 is 1.37 bits per heavy atom. The van der Waals surface area contributed by atoms with E-state index in [4.69, 9.17) is 16.3 Å². The van der Waals surface area contributed by atoms with Crippen LogP contribution in [0, 0.1) is 0 Å². The van der Waals surface area contributed by atoms with Crippen molar-refractivity contribution in [1.29, 1.82) is 0 Å². The molecular weight excluding hydrogens is 402 g/mol. The topological polar surface area (TPSA) is 46.6 Å². The second-order valence-electron chi connectivity index (χ2n) is 6.30. The van der Waals surface area contributed by atoms with Crippen LogP contribution in [-0.4, -0.2) is 40.8 Å². The van der Waals surface area contributed by atoms with E-state index >= 15 is 0 Å². The van der Waals surface area contributed by atoms with Crippen molar-refractivity contribution in [3.05, 3.63) is 62.6 Å². The SMILES string of the molecule is CCOC(=O)[C@@H]1SC(SC)=C2C(=O)C(c3ccc(Cl)cc3)=C3C=CC[C@H]1N32. The molecule has 3 aliphatic heterocycles. The van der Waals surface area contributed by atoms with Gasteiger partial charge in [-0.2, -0.15) is 0 Å². The summed E-state index contributed by atoms with van der Waals surface area (Å²) in [6.07, 6.45) is 6.66. The van der Waals surface area contributed by atoms with E-state index in [-0.39, 0.29) is 23.0 Å². The van der Waals surface area contributed by atoms with E-state index in [1.165, 1.54) is 23.5 Å². The Bertz CT molecular complexity index is 904. The van der Waals surface area contributed by atoms with Crippen molar-refractivity contribution >= 4 is 52.5 Å². The maximum Gasteiger partial charge on any atom is 0.321 e. The molecule has 27 heavy (non-hydrogen) atoms. The number of Topliss-reactive ketones (excluding diaryl/α,β-unsaturated/α-hetero) is 1. The van der Waals surface area contributed by atoms with Gasteiger partial charge in [-0.25, -0.2) is 0 Å². The number of thioether (sulfide) groups is 2. The first-order chi connectivity index (χ1) is 13.1. The fourth-order valence-corrected chi connectivity index (χ4v) is 5.98. The van der Waals surface area contributed by atoms with Crippen molar-refractivity contribution in [1.82, 2.24) is 4.90 Å². The van der Waals surface area contributed by atoms with Gasteiger partial charge in [0.1, 0.15) is 10.9 Å². The highest BCUT2D eigenvalue weighted by Crippen LogP contribution is 2.52. The van der Waals surface area contributed by atoms with Crippen LogP contribution in [0.1, 0.15) is 18.9 Å². The number of carbonyl (C=O) groups excluding carboxylic acids is 2. The van der Waals surface area contributed by atoms with E-state index in [1.807, 2.05) is 37.5 Å². The first-order valence-electron chi connectivity index (χ1n) is 8.69. The van der Waals surface area contributed by atoms with E-state index in [0.29, 0.717) is 29.3 Å². The van der Waals surface area contributed by atoms with Gasteiger partial charge in [0.2, 0.25) is 5.78 Å². The molecule has 0 N–H and O–H groups in total. The summed E-state index contributed by atoms with van der Waals surface area (Å²) in [7, 11) is 0. The molecule has 1 aromatic carbocycles. The highest BCUT2D eigenvalue weighted by atomic mass is 35.5. The van der Waals surface area contributed by atoms with Gasteiger partial charge in [0, 0.05) is 5.02 Å². The average Bonchev–Trinajstić information content (AvgIpc) is 2.97. The third kappa shape index (κ3) is 3.04. The van der Waals surface area contributed by atoms with E-state index in [2.05, 4.69) is 4.90 Å². The Labute approximate surface area is 171 Å². The van der Waals surface area contributed by atoms with Crippen molar-refractivity contribution in [3.63, 3.8) is 0 Å². The zero-order valence-electron chi connectivity index (χ0n) is 14.9. The lowest BCUT2D eigenvalue weighted by atomic mass is 9.99. The van der Waals surface area contributed by atoms with Crippen molar-refractivity contribution in [2.45, 2.75) is 24.6 Å². The minimum Gasteiger partial charge on any atom is -0.465 e. The molecule has 0 bridgehead atoms. The molecule has 0 unspecified atom stereocenters. The van der Waals surface area contributed by atoms with Gasteiger partial charge < -0.3 is 9.64 Å². The molecule has 0 saturated heterocycles. The molecular formula is C20H18ClNO3S2. The summed E-state index contributed by atoms with van der Waals surface area (Å²) < 4.78 is 6.17. The number of hydrogen-bond acceptors (Lipinski definition) is 6. The molecule has 140 valence electrons. The van der Waals surface area contributed by atoms with Gasteiger partial charge in [-0.15, -0.1) is 11.8 Å². The van der Waals surface area contributed by atoms with E-state index < -0.39 is 0 Å². The molecule has 4 nitrogen and oxygen atoms in total. The quantitative estimate of drug-likeness (QED) is 0.671. The van der Waals surface area contributed by atoms with E-state index in [1.54, 1.807) is 12.1 Å². The number of benzene rings is 1. The summed E-state index contributed by atoms with van der Waals surface area (Å²) in [6, 6.07) is 7.20. The molecule has 2 atom stereocenters. The van der Waals surface area contributed by atoms with Gasteiger partial charge in [0.25, 0.3) is 0 Å². The zero-order chi connectivity index (χ0) is 19.1. The van der Waals surface area contributed by atoms with Crippen LogP contribution in [0.4, 0.5) is 0 Å². The number of halogens is 1. The lowest BCUT2D eigenvalue weighted by Gasteiger charge is -2.41. The van der Waals surface area contributed by atoms with Crippen LogP contribution in [-0.2, 0) is 14.3 Å². The third-order valence-corrected chi connectivity index (χ3v) is 7.57. The summed E-state index contributed by atoms with van der Waals surface area (Å²) in [5.74, 6) is -0.219. The van der Waals surface area contributed by atoms with Gasteiger partial charge in [-0.3, -0.25) is 9.59 Å². The Hall–Kier alpha value is -1.63. The van der Waals surface area contributed by atoms with Crippen LogP contribution in [0.5, 0.6) is 0 Å². The Morgan fingerprint density at radius 3 is 2.78 bits per heavy atom. The predicted octanol–water partition coefficient (Wildman–Crippen LogP) is 4.47. The van der Waals surface area contributed by atoms with Crippen LogP contribution in [0.15, 0.2) is 52.0 Å². The molecule has 0 aromatic heterocycles. The number of ketones is 1. The second kappa shape index (κ2) is 7.41. The largest absolute Gasteiger partial charge is 0.465 e. The standard InChI is InChI=1S/C20H18ClNO3S2/c1-3-25-19(24)18-14-6-4-5-13-15(11-7-9-12(21)10-8-11)17(23)16(22(13)14)20(26-2)27-18/h4-5,7-10,14,18H,3,6H2,1-2H3/t14-,18-/m1/s1. The molecule has 0 amide bonds. The fraction of sp³-hybridized carbons (Fsp3) is 0.300. The second-order valence-corrected chi connectivity index (χ2v) is 8.97. The highest BCUT2D eigenvalue weighted by molar-refractivity contribution is 8.22. The number of esters is 1. The average molecular weight is 420 g/mol. The van der Waals surface area contributed by atoms with Crippen molar-refractivity contribution < 1.29 is 14.3 Å². The smallest absolute Gasteiger partial charge is 0.321 e. The molecule has 0 fully saturated rings. The maximum atomic E-state index is 13.4. The van der Waals surface area contributed by atoms with Crippen molar-refractivity contribution in [2.75, 3.05) is 12.9 Å². The minimum absolute atomic E-state index is 0.00281. The third-order valence-electron chi connectivity index (χ3n) is 4.80. The number of ether oxygens (including phenoxy) is 1. The lowest BCUT2D eigenvalue weighted by Crippen LogP contribution is -2.48. The minimum atomic E-state index is -0.353. The molecule has 3 heterocycles. The van der Waals surface area contributed by atoms with Gasteiger partial charge in [0.05, 0.1) is 28.2 Å². The first kappa shape index (κ1) is 18.7. The van der Waals surface area contributed by atoms with E-state index in [9.17, 15) is 9.59 Å². The number of allylic oxidation sites excluding steroid dienone is 2. The van der Waals surface area contributed by atoms with Crippen LogP contribution >= 0.6 is 35.1 Å². The Morgan fingerprint density at radius 2 is 2.11 bits per heavy atom. The van der Waals surface area contributed by atoms with Crippen LogP contribution in [0.25, 0.3) is 5.57 Å². The maximum absolute atomic E-state index is 13.4. The Balaban J connectivity index is 1.86. The number of rotatable bonds is 4. The molecule has 0 aliphatic carbocycles. The monoisotopic (exact) mass is 419 g/mol.